The smallest absolute Gasteiger partial charge is 0.0568 e. The molecule has 0 amide bonds. The van der Waals surface area contributed by atoms with E-state index in [-0.39, 0.29) is 17.9 Å². The molecule has 0 saturated heterocycles. The van der Waals surface area contributed by atoms with Crippen LogP contribution in [-0.4, -0.2) is 23.0 Å². The third-order valence-corrected chi connectivity index (χ3v) is 3.78. The maximum atomic E-state index is 9.37. The summed E-state index contributed by atoms with van der Waals surface area (Å²) in [6.45, 7) is 4.44. The zero-order valence-corrected chi connectivity index (χ0v) is 10.8. The molecule has 1 aromatic carbocycles. The van der Waals surface area contributed by atoms with Gasteiger partial charge >= 0.3 is 0 Å². The largest absolute Gasteiger partial charge is 0.395 e. The van der Waals surface area contributed by atoms with Crippen molar-refractivity contribution in [3.05, 3.63) is 30.3 Å². The molecule has 3 N–H and O–H groups in total. The standard InChI is InChI=1S/C13H21NOS/c1-10(2)8-12(14)13(9-15)16-11-6-4-3-5-7-11/h3-7,10,12-13,15H,8-9,14H2,1-2H3. The molecule has 90 valence electrons. The number of thioether (sulfide) groups is 1. The van der Waals surface area contributed by atoms with E-state index in [0.29, 0.717) is 5.92 Å². The van der Waals surface area contributed by atoms with Gasteiger partial charge in [-0.15, -0.1) is 11.8 Å². The molecule has 0 fully saturated rings. The molecule has 1 rings (SSSR count). The van der Waals surface area contributed by atoms with E-state index in [0.717, 1.165) is 6.42 Å². The van der Waals surface area contributed by atoms with Crippen LogP contribution in [0.15, 0.2) is 35.2 Å². The molecule has 0 aliphatic rings. The summed E-state index contributed by atoms with van der Waals surface area (Å²) < 4.78 is 0. The average Bonchev–Trinajstić information content (AvgIpc) is 2.26. The molecule has 0 bridgehead atoms. The Balaban J connectivity index is 2.55. The molecule has 0 aliphatic heterocycles. The van der Waals surface area contributed by atoms with Crippen molar-refractivity contribution in [2.75, 3.05) is 6.61 Å². The minimum absolute atomic E-state index is 0.0511. The van der Waals surface area contributed by atoms with Crippen molar-refractivity contribution in [1.82, 2.24) is 0 Å². The normalized spacial score (nSPS) is 15.1. The Morgan fingerprint density at radius 1 is 1.25 bits per heavy atom. The summed E-state index contributed by atoms with van der Waals surface area (Å²) in [4.78, 5) is 1.17. The highest BCUT2D eigenvalue weighted by molar-refractivity contribution is 8.00. The molecule has 2 unspecified atom stereocenters. The fourth-order valence-corrected chi connectivity index (χ4v) is 2.65. The first-order valence-electron chi connectivity index (χ1n) is 5.71. The Bertz CT molecular complexity index is 289. The summed E-state index contributed by atoms with van der Waals surface area (Å²) in [6.07, 6.45) is 0.949. The lowest BCUT2D eigenvalue weighted by molar-refractivity contribution is 0.275. The van der Waals surface area contributed by atoms with Crippen molar-refractivity contribution >= 4 is 11.8 Å². The number of aliphatic hydroxyl groups is 1. The highest BCUT2D eigenvalue weighted by Gasteiger charge is 2.19. The first kappa shape index (κ1) is 13.6. The fraction of sp³-hybridized carbons (Fsp3) is 0.538. The van der Waals surface area contributed by atoms with E-state index in [1.165, 1.54) is 4.90 Å². The number of aliphatic hydroxyl groups excluding tert-OH is 1. The highest BCUT2D eigenvalue weighted by atomic mass is 32.2. The lowest BCUT2D eigenvalue weighted by Gasteiger charge is -2.23. The van der Waals surface area contributed by atoms with E-state index in [1.807, 2.05) is 18.2 Å². The summed E-state index contributed by atoms with van der Waals surface area (Å²) >= 11 is 1.66. The summed E-state index contributed by atoms with van der Waals surface area (Å²) in [5.74, 6) is 0.570. The van der Waals surface area contributed by atoms with Crippen molar-refractivity contribution in [2.24, 2.45) is 11.7 Å². The van der Waals surface area contributed by atoms with Gasteiger partial charge in [-0.1, -0.05) is 32.0 Å². The van der Waals surface area contributed by atoms with Crippen LogP contribution in [0.3, 0.4) is 0 Å². The van der Waals surface area contributed by atoms with Gasteiger partial charge in [-0.3, -0.25) is 0 Å². The van der Waals surface area contributed by atoms with Crippen LogP contribution >= 0.6 is 11.8 Å². The lowest BCUT2D eigenvalue weighted by Crippen LogP contribution is -2.36. The number of rotatable bonds is 6. The minimum Gasteiger partial charge on any atom is -0.395 e. The van der Waals surface area contributed by atoms with Gasteiger partial charge in [0, 0.05) is 16.2 Å². The average molecular weight is 239 g/mol. The Hall–Kier alpha value is -0.510. The van der Waals surface area contributed by atoms with Crippen LogP contribution in [0.25, 0.3) is 0 Å². The van der Waals surface area contributed by atoms with Gasteiger partial charge in [0.05, 0.1) is 6.61 Å². The molecule has 2 atom stereocenters. The van der Waals surface area contributed by atoms with Crippen LogP contribution in [0.2, 0.25) is 0 Å². The summed E-state index contributed by atoms with van der Waals surface area (Å²) in [5, 5.41) is 9.46. The van der Waals surface area contributed by atoms with Crippen molar-refractivity contribution in [3.8, 4) is 0 Å². The second kappa shape index (κ2) is 6.94. The summed E-state index contributed by atoms with van der Waals surface area (Å²) in [7, 11) is 0. The van der Waals surface area contributed by atoms with Crippen LogP contribution < -0.4 is 5.73 Å². The zero-order valence-electron chi connectivity index (χ0n) is 9.97. The highest BCUT2D eigenvalue weighted by Crippen LogP contribution is 2.26. The molecular formula is C13H21NOS. The molecule has 0 spiro atoms. The third-order valence-electron chi connectivity index (χ3n) is 2.43. The number of benzene rings is 1. The maximum absolute atomic E-state index is 9.37. The molecule has 0 saturated carbocycles. The van der Waals surface area contributed by atoms with Gasteiger partial charge in [0.1, 0.15) is 0 Å². The quantitative estimate of drug-likeness (QED) is 0.750. The number of hydrogen-bond donors (Lipinski definition) is 2. The monoisotopic (exact) mass is 239 g/mol. The van der Waals surface area contributed by atoms with E-state index < -0.39 is 0 Å². The van der Waals surface area contributed by atoms with Gasteiger partial charge < -0.3 is 10.8 Å². The molecule has 0 aliphatic carbocycles. The minimum atomic E-state index is 0.0511. The zero-order chi connectivity index (χ0) is 12.0. The van der Waals surface area contributed by atoms with Crippen LogP contribution in [0, 0.1) is 5.92 Å². The van der Waals surface area contributed by atoms with Gasteiger partial charge in [0.2, 0.25) is 0 Å². The molecule has 2 nitrogen and oxygen atoms in total. The predicted octanol–water partition coefficient (Wildman–Crippen LogP) is 2.51. The Morgan fingerprint density at radius 3 is 2.38 bits per heavy atom. The van der Waals surface area contributed by atoms with Gasteiger partial charge in [-0.05, 0) is 24.5 Å². The maximum Gasteiger partial charge on any atom is 0.0568 e. The molecule has 0 aromatic heterocycles. The summed E-state index contributed by atoms with van der Waals surface area (Å²) in [5.41, 5.74) is 6.10. The van der Waals surface area contributed by atoms with Crippen LogP contribution in [-0.2, 0) is 0 Å². The first-order valence-corrected chi connectivity index (χ1v) is 6.59. The Morgan fingerprint density at radius 2 is 1.88 bits per heavy atom. The van der Waals surface area contributed by atoms with E-state index in [1.54, 1.807) is 11.8 Å². The van der Waals surface area contributed by atoms with Crippen molar-refractivity contribution in [3.63, 3.8) is 0 Å². The first-order chi connectivity index (χ1) is 7.63. The molecule has 16 heavy (non-hydrogen) atoms. The molecule has 0 heterocycles. The Labute approximate surface area is 102 Å². The lowest BCUT2D eigenvalue weighted by atomic mass is 10.0. The predicted molar refractivity (Wildman–Crippen MR) is 70.6 cm³/mol. The van der Waals surface area contributed by atoms with Crippen molar-refractivity contribution < 1.29 is 5.11 Å². The molecular weight excluding hydrogens is 218 g/mol. The van der Waals surface area contributed by atoms with Crippen LogP contribution in [0.5, 0.6) is 0 Å². The topological polar surface area (TPSA) is 46.2 Å². The van der Waals surface area contributed by atoms with Crippen molar-refractivity contribution in [2.45, 2.75) is 36.5 Å². The van der Waals surface area contributed by atoms with Crippen LogP contribution in [0.4, 0.5) is 0 Å². The second-order valence-corrected chi connectivity index (χ2v) is 5.76. The van der Waals surface area contributed by atoms with E-state index in [4.69, 9.17) is 5.73 Å². The van der Waals surface area contributed by atoms with Gasteiger partial charge in [0.15, 0.2) is 0 Å². The molecule has 1 aromatic rings. The van der Waals surface area contributed by atoms with Gasteiger partial charge in [0.25, 0.3) is 0 Å². The third kappa shape index (κ3) is 4.56. The van der Waals surface area contributed by atoms with E-state index in [9.17, 15) is 5.11 Å². The van der Waals surface area contributed by atoms with E-state index >= 15 is 0 Å². The van der Waals surface area contributed by atoms with Crippen LogP contribution in [0.1, 0.15) is 20.3 Å². The van der Waals surface area contributed by atoms with Crippen molar-refractivity contribution in [1.29, 1.82) is 0 Å². The van der Waals surface area contributed by atoms with E-state index in [2.05, 4.69) is 26.0 Å². The summed E-state index contributed by atoms with van der Waals surface area (Å²) in [6, 6.07) is 10.2. The SMILES string of the molecule is CC(C)CC(N)C(CO)Sc1ccccc1. The fourth-order valence-electron chi connectivity index (χ4n) is 1.63. The number of hydrogen-bond acceptors (Lipinski definition) is 3. The van der Waals surface area contributed by atoms with Gasteiger partial charge in [-0.25, -0.2) is 0 Å². The second-order valence-electron chi connectivity index (χ2n) is 4.45. The van der Waals surface area contributed by atoms with Gasteiger partial charge in [-0.2, -0.15) is 0 Å². The molecule has 3 heteroatoms. The Kier molecular flexibility index (Phi) is 5.88. The molecule has 0 radical (unpaired) electrons. The number of nitrogens with two attached hydrogens (primary N) is 1.